The van der Waals surface area contributed by atoms with E-state index in [9.17, 15) is 0 Å². The molecular weight excluding hydrogens is 355 g/mol. The Kier molecular flexibility index (Phi) is 5.07. The first-order valence-electron chi connectivity index (χ1n) is 8.88. The predicted octanol–water partition coefficient (Wildman–Crippen LogP) is 4.73. The van der Waals surface area contributed by atoms with Crippen molar-refractivity contribution in [1.82, 2.24) is 5.32 Å². The smallest absolute Gasteiger partial charge is 0.119 e. The molecule has 132 valence electrons. The van der Waals surface area contributed by atoms with Crippen molar-refractivity contribution in [3.05, 3.63) is 58.1 Å². The maximum atomic E-state index is 6.32. The van der Waals surface area contributed by atoms with Gasteiger partial charge in [-0.2, -0.15) is 0 Å². The molecule has 4 rings (SSSR count). The Morgan fingerprint density at radius 2 is 1.80 bits per heavy atom. The highest BCUT2D eigenvalue weighted by molar-refractivity contribution is 6.42. The molecule has 1 fully saturated rings. The van der Waals surface area contributed by atoms with E-state index < -0.39 is 0 Å². The molecule has 0 unspecified atom stereocenters. The zero-order valence-electron chi connectivity index (χ0n) is 14.1. The number of para-hydroxylation sites is 1. The van der Waals surface area contributed by atoms with Crippen molar-refractivity contribution in [1.29, 1.82) is 0 Å². The van der Waals surface area contributed by atoms with E-state index in [1.807, 2.05) is 36.4 Å². The molecule has 0 radical (unpaired) electrons. The first-order chi connectivity index (χ1) is 12.2. The summed E-state index contributed by atoms with van der Waals surface area (Å²) in [6, 6.07) is 14.6. The van der Waals surface area contributed by atoms with Gasteiger partial charge in [0.05, 0.1) is 16.6 Å². The van der Waals surface area contributed by atoms with Gasteiger partial charge in [-0.05, 0) is 55.8 Å². The summed E-state index contributed by atoms with van der Waals surface area (Å²) in [5, 5.41) is 4.80. The van der Waals surface area contributed by atoms with Crippen LogP contribution in [0.1, 0.15) is 24.3 Å². The van der Waals surface area contributed by atoms with Gasteiger partial charge in [-0.25, -0.2) is 0 Å². The molecule has 2 atom stereocenters. The Balaban J connectivity index is 1.56. The molecule has 3 nitrogen and oxygen atoms in total. The molecule has 2 aromatic carbocycles. The minimum absolute atomic E-state index is 0.485. The largest absolute Gasteiger partial charge is 0.492 e. The van der Waals surface area contributed by atoms with Crippen LogP contribution in [0.2, 0.25) is 10.0 Å². The van der Waals surface area contributed by atoms with E-state index in [4.69, 9.17) is 27.9 Å². The number of nitrogens with one attached hydrogen (secondary N) is 1. The van der Waals surface area contributed by atoms with Gasteiger partial charge < -0.3 is 15.0 Å². The van der Waals surface area contributed by atoms with Crippen LogP contribution in [0.4, 0.5) is 5.69 Å². The summed E-state index contributed by atoms with van der Waals surface area (Å²) in [7, 11) is 0. The Morgan fingerprint density at radius 1 is 1.04 bits per heavy atom. The van der Waals surface area contributed by atoms with E-state index in [1.165, 1.54) is 11.3 Å². The number of halogens is 2. The lowest BCUT2D eigenvalue weighted by atomic mass is 9.91. The molecule has 5 heteroatoms. The summed E-state index contributed by atoms with van der Waals surface area (Å²) in [5.41, 5.74) is 2.56. The normalized spacial score (nSPS) is 22.2. The second kappa shape index (κ2) is 7.45. The Morgan fingerprint density at radius 3 is 2.64 bits per heavy atom. The van der Waals surface area contributed by atoms with Gasteiger partial charge >= 0.3 is 0 Å². The van der Waals surface area contributed by atoms with E-state index in [1.54, 1.807) is 0 Å². The first kappa shape index (κ1) is 17.0. The number of nitrogens with zero attached hydrogens (tertiary/aromatic N) is 1. The summed E-state index contributed by atoms with van der Waals surface area (Å²) in [6.45, 7) is 3.60. The minimum Gasteiger partial charge on any atom is -0.492 e. The highest BCUT2D eigenvalue weighted by Crippen LogP contribution is 2.47. The molecule has 0 bridgehead atoms. The van der Waals surface area contributed by atoms with Gasteiger partial charge in [0.2, 0.25) is 0 Å². The van der Waals surface area contributed by atoms with Crippen molar-refractivity contribution in [2.24, 2.45) is 0 Å². The summed E-state index contributed by atoms with van der Waals surface area (Å²) in [5.74, 6) is 1.42. The van der Waals surface area contributed by atoms with Crippen LogP contribution in [0, 0.1) is 0 Å². The van der Waals surface area contributed by atoms with E-state index in [-0.39, 0.29) is 0 Å². The summed E-state index contributed by atoms with van der Waals surface area (Å²) in [6.07, 6.45) is 2.26. The second-order valence-corrected chi connectivity index (χ2v) is 7.50. The van der Waals surface area contributed by atoms with Crippen LogP contribution < -0.4 is 15.0 Å². The van der Waals surface area contributed by atoms with Crippen LogP contribution in [0.5, 0.6) is 5.75 Å². The van der Waals surface area contributed by atoms with Crippen LogP contribution in [0.25, 0.3) is 0 Å². The van der Waals surface area contributed by atoms with Crippen molar-refractivity contribution in [2.45, 2.75) is 24.8 Å². The van der Waals surface area contributed by atoms with E-state index in [0.29, 0.717) is 28.6 Å². The molecule has 2 heterocycles. The Labute approximate surface area is 158 Å². The highest BCUT2D eigenvalue weighted by Gasteiger charge is 2.39. The highest BCUT2D eigenvalue weighted by atomic mass is 35.5. The van der Waals surface area contributed by atoms with Crippen LogP contribution in [-0.4, -0.2) is 32.3 Å². The van der Waals surface area contributed by atoms with Gasteiger partial charge in [-0.3, -0.25) is 0 Å². The number of hydrogen-bond donors (Lipinski definition) is 1. The zero-order valence-corrected chi connectivity index (χ0v) is 15.6. The fraction of sp³-hybridized carbons (Fsp3) is 0.400. The number of ether oxygens (including phenoxy) is 1. The standard InChI is InChI=1S/C20H22Cl2N2O/c21-17-12-16-15-6-8-23-9-7-19(15)24(20(16)13-18(17)22)10-11-25-14-4-2-1-3-5-14/h1-5,12-13,15,19,23H,6-11H2/t15-,19-/m0/s1. The molecule has 2 aliphatic heterocycles. The summed E-state index contributed by atoms with van der Waals surface area (Å²) >= 11 is 12.6. The molecule has 0 aliphatic carbocycles. The topological polar surface area (TPSA) is 24.5 Å². The lowest BCUT2D eigenvalue weighted by Crippen LogP contribution is -2.37. The Hall–Kier alpha value is -1.42. The maximum absolute atomic E-state index is 6.32. The van der Waals surface area contributed by atoms with E-state index in [0.717, 1.165) is 38.2 Å². The van der Waals surface area contributed by atoms with Gasteiger partial charge in [0.1, 0.15) is 12.4 Å². The van der Waals surface area contributed by atoms with Crippen molar-refractivity contribution in [3.63, 3.8) is 0 Å². The van der Waals surface area contributed by atoms with E-state index in [2.05, 4.69) is 16.3 Å². The number of rotatable bonds is 4. The van der Waals surface area contributed by atoms with Crippen molar-refractivity contribution < 1.29 is 4.74 Å². The minimum atomic E-state index is 0.485. The first-order valence-corrected chi connectivity index (χ1v) is 9.64. The molecular formula is C20H22Cl2N2O. The third kappa shape index (κ3) is 3.46. The maximum Gasteiger partial charge on any atom is 0.119 e. The van der Waals surface area contributed by atoms with Crippen LogP contribution in [0.15, 0.2) is 42.5 Å². The van der Waals surface area contributed by atoms with Crippen molar-refractivity contribution in [3.8, 4) is 5.75 Å². The number of benzene rings is 2. The van der Waals surface area contributed by atoms with Crippen LogP contribution >= 0.6 is 23.2 Å². The quantitative estimate of drug-likeness (QED) is 0.834. The average molecular weight is 377 g/mol. The van der Waals surface area contributed by atoms with Crippen molar-refractivity contribution in [2.75, 3.05) is 31.1 Å². The molecule has 1 saturated heterocycles. The monoisotopic (exact) mass is 376 g/mol. The zero-order chi connectivity index (χ0) is 17.2. The van der Waals surface area contributed by atoms with E-state index >= 15 is 0 Å². The fourth-order valence-electron chi connectivity index (χ4n) is 4.10. The third-order valence-corrected chi connectivity index (χ3v) is 5.96. The third-order valence-electron chi connectivity index (χ3n) is 5.24. The van der Waals surface area contributed by atoms with Crippen LogP contribution in [0.3, 0.4) is 0 Å². The SMILES string of the molecule is Clc1cc2c(cc1Cl)N(CCOc1ccccc1)[C@H]1CCNCC[C@@H]21. The lowest BCUT2D eigenvalue weighted by molar-refractivity contribution is 0.317. The number of hydrogen-bond acceptors (Lipinski definition) is 3. The summed E-state index contributed by atoms with van der Waals surface area (Å²) in [4.78, 5) is 2.47. The van der Waals surface area contributed by atoms with Gasteiger partial charge in [-0.15, -0.1) is 0 Å². The molecule has 0 spiro atoms. The van der Waals surface area contributed by atoms with Crippen molar-refractivity contribution >= 4 is 28.9 Å². The number of fused-ring (bicyclic) bond motifs is 3. The van der Waals surface area contributed by atoms with Gasteiger partial charge in [0, 0.05) is 17.6 Å². The average Bonchev–Trinajstić information content (AvgIpc) is 2.79. The molecule has 0 aromatic heterocycles. The molecule has 2 aliphatic rings. The molecule has 0 saturated carbocycles. The Bertz CT molecular complexity index is 738. The molecule has 0 amide bonds. The van der Waals surface area contributed by atoms with Gasteiger partial charge in [-0.1, -0.05) is 41.4 Å². The fourth-order valence-corrected chi connectivity index (χ4v) is 4.43. The summed E-state index contributed by atoms with van der Waals surface area (Å²) < 4.78 is 5.93. The van der Waals surface area contributed by atoms with Gasteiger partial charge in [0.15, 0.2) is 0 Å². The second-order valence-electron chi connectivity index (χ2n) is 6.68. The number of anilines is 1. The molecule has 25 heavy (non-hydrogen) atoms. The predicted molar refractivity (Wildman–Crippen MR) is 104 cm³/mol. The molecule has 2 aromatic rings. The molecule has 1 N–H and O–H groups in total. The lowest BCUT2D eigenvalue weighted by Gasteiger charge is -2.29. The van der Waals surface area contributed by atoms with Crippen LogP contribution in [-0.2, 0) is 0 Å². The van der Waals surface area contributed by atoms with Gasteiger partial charge in [0.25, 0.3) is 0 Å².